The van der Waals surface area contributed by atoms with Crippen molar-refractivity contribution in [2.45, 2.75) is 45.3 Å². The molecule has 1 aliphatic rings. The second-order valence-corrected chi connectivity index (χ2v) is 5.72. The number of para-hydroxylation sites is 1. The first kappa shape index (κ1) is 14.1. The first-order valence-electron chi connectivity index (χ1n) is 7.84. The molecule has 1 amide bonds. The molecule has 0 atom stereocenters. The van der Waals surface area contributed by atoms with Crippen LogP contribution in [0.15, 0.2) is 30.5 Å². The van der Waals surface area contributed by atoms with Crippen molar-refractivity contribution < 1.29 is 4.79 Å². The van der Waals surface area contributed by atoms with Crippen LogP contribution in [0.5, 0.6) is 0 Å². The number of carbonyl (C=O) groups is 1. The molecule has 1 saturated carbocycles. The number of hydrogen-bond acceptors (Lipinski definition) is 2. The molecule has 4 heteroatoms. The maximum atomic E-state index is 11.3. The normalized spacial score (nSPS) is 14.5. The Bertz CT molecular complexity index is 628. The average molecular weight is 285 g/mol. The van der Waals surface area contributed by atoms with Gasteiger partial charge in [0.25, 0.3) is 0 Å². The lowest BCUT2D eigenvalue weighted by molar-refractivity contribution is -0.120. The van der Waals surface area contributed by atoms with Gasteiger partial charge in [0, 0.05) is 49.2 Å². The minimum atomic E-state index is 0.113. The summed E-state index contributed by atoms with van der Waals surface area (Å²) in [5.41, 5.74) is 2.59. The van der Waals surface area contributed by atoms with E-state index in [1.807, 2.05) is 6.92 Å². The van der Waals surface area contributed by atoms with Gasteiger partial charge in [0.2, 0.25) is 5.91 Å². The Kier molecular flexibility index (Phi) is 4.25. The van der Waals surface area contributed by atoms with Gasteiger partial charge >= 0.3 is 0 Å². The van der Waals surface area contributed by atoms with Crippen LogP contribution >= 0.6 is 0 Å². The predicted molar refractivity (Wildman–Crippen MR) is 85.1 cm³/mol. The van der Waals surface area contributed by atoms with Crippen LogP contribution in [0.4, 0.5) is 0 Å². The third-order valence-corrected chi connectivity index (χ3v) is 4.03. The van der Waals surface area contributed by atoms with E-state index >= 15 is 0 Å². The van der Waals surface area contributed by atoms with Gasteiger partial charge in [0.1, 0.15) is 0 Å². The largest absolute Gasteiger partial charge is 0.354 e. The maximum Gasteiger partial charge on any atom is 0.219 e. The highest BCUT2D eigenvalue weighted by molar-refractivity contribution is 5.84. The Morgan fingerprint density at radius 2 is 2.14 bits per heavy atom. The van der Waals surface area contributed by atoms with Gasteiger partial charge in [-0.3, -0.25) is 4.79 Å². The summed E-state index contributed by atoms with van der Waals surface area (Å²) < 4.78 is 2.25. The number of nitrogens with zero attached hydrogens (tertiary/aromatic N) is 1. The summed E-state index contributed by atoms with van der Waals surface area (Å²) in [5.74, 6) is 0.113. The van der Waals surface area contributed by atoms with E-state index in [-0.39, 0.29) is 5.91 Å². The second kappa shape index (κ2) is 6.31. The summed E-state index contributed by atoms with van der Waals surface area (Å²) in [4.78, 5) is 11.3. The van der Waals surface area contributed by atoms with Crippen molar-refractivity contribution in [3.05, 3.63) is 36.0 Å². The van der Waals surface area contributed by atoms with Crippen molar-refractivity contribution in [1.29, 1.82) is 0 Å². The fourth-order valence-electron chi connectivity index (χ4n) is 2.63. The van der Waals surface area contributed by atoms with Crippen molar-refractivity contribution in [2.24, 2.45) is 0 Å². The molecule has 1 aromatic heterocycles. The van der Waals surface area contributed by atoms with E-state index in [0.29, 0.717) is 13.0 Å². The van der Waals surface area contributed by atoms with E-state index < -0.39 is 0 Å². The van der Waals surface area contributed by atoms with E-state index in [4.69, 9.17) is 0 Å². The molecule has 0 spiro atoms. The number of carbonyl (C=O) groups excluding carboxylic acids is 1. The van der Waals surface area contributed by atoms with Crippen LogP contribution < -0.4 is 10.6 Å². The van der Waals surface area contributed by atoms with Crippen molar-refractivity contribution in [3.8, 4) is 0 Å². The molecule has 1 heterocycles. The summed E-state index contributed by atoms with van der Waals surface area (Å²) in [6.07, 6.45) is 5.38. The lowest BCUT2D eigenvalue weighted by Gasteiger charge is -2.06. The highest BCUT2D eigenvalue weighted by Crippen LogP contribution is 2.24. The molecular weight excluding hydrogens is 262 g/mol. The first-order chi connectivity index (χ1) is 10.3. The Labute approximate surface area is 125 Å². The number of amides is 1. The zero-order valence-electron chi connectivity index (χ0n) is 12.6. The molecule has 0 aliphatic heterocycles. The molecule has 21 heavy (non-hydrogen) atoms. The number of nitrogens with one attached hydrogen (secondary N) is 2. The molecule has 112 valence electrons. The Morgan fingerprint density at radius 3 is 2.90 bits per heavy atom. The summed E-state index contributed by atoms with van der Waals surface area (Å²) >= 11 is 0. The lowest BCUT2D eigenvalue weighted by atomic mass is 10.2. The first-order valence-corrected chi connectivity index (χ1v) is 7.84. The van der Waals surface area contributed by atoms with Crippen LogP contribution in [0, 0.1) is 0 Å². The average Bonchev–Trinajstić information content (AvgIpc) is 3.28. The van der Waals surface area contributed by atoms with E-state index in [0.717, 1.165) is 19.1 Å². The molecule has 0 unspecified atom stereocenters. The molecular formula is C17H23N3O. The van der Waals surface area contributed by atoms with Gasteiger partial charge in [-0.05, 0) is 24.5 Å². The standard InChI is InChI=1S/C17H23N3O/c1-2-17(21)18-9-10-20-12-13(11-19-14-7-8-14)15-5-3-4-6-16(15)20/h3-6,12,14,19H,2,7-11H2,1H3,(H,18,21). The van der Waals surface area contributed by atoms with Crippen molar-refractivity contribution in [3.63, 3.8) is 0 Å². The highest BCUT2D eigenvalue weighted by Gasteiger charge is 2.20. The summed E-state index contributed by atoms with van der Waals surface area (Å²) in [5, 5.41) is 7.83. The van der Waals surface area contributed by atoms with Crippen LogP contribution in [0.25, 0.3) is 10.9 Å². The third kappa shape index (κ3) is 3.45. The fraction of sp³-hybridized carbons (Fsp3) is 0.471. The summed E-state index contributed by atoms with van der Waals surface area (Å²) in [6, 6.07) is 9.21. The quantitative estimate of drug-likeness (QED) is 0.820. The molecule has 2 N–H and O–H groups in total. The highest BCUT2D eigenvalue weighted by atomic mass is 16.1. The van der Waals surface area contributed by atoms with Crippen molar-refractivity contribution in [2.75, 3.05) is 6.54 Å². The zero-order chi connectivity index (χ0) is 14.7. The molecule has 4 nitrogen and oxygen atoms in total. The van der Waals surface area contributed by atoms with E-state index in [9.17, 15) is 4.79 Å². The molecule has 3 rings (SSSR count). The van der Waals surface area contributed by atoms with Gasteiger partial charge in [-0.2, -0.15) is 0 Å². The minimum absolute atomic E-state index is 0.113. The van der Waals surface area contributed by atoms with E-state index in [1.165, 1.54) is 29.3 Å². The van der Waals surface area contributed by atoms with Crippen LogP contribution in [0.1, 0.15) is 31.7 Å². The smallest absolute Gasteiger partial charge is 0.219 e. The molecule has 0 saturated heterocycles. The second-order valence-electron chi connectivity index (χ2n) is 5.72. The third-order valence-electron chi connectivity index (χ3n) is 4.03. The fourth-order valence-corrected chi connectivity index (χ4v) is 2.63. The number of rotatable bonds is 7. The SMILES string of the molecule is CCC(=O)NCCn1cc(CNC2CC2)c2ccccc21. The summed E-state index contributed by atoms with van der Waals surface area (Å²) in [7, 11) is 0. The predicted octanol–water partition coefficient (Wildman–Crippen LogP) is 2.42. The Hall–Kier alpha value is -1.81. The maximum absolute atomic E-state index is 11.3. The van der Waals surface area contributed by atoms with Gasteiger partial charge < -0.3 is 15.2 Å². The van der Waals surface area contributed by atoms with Gasteiger partial charge in [-0.25, -0.2) is 0 Å². The molecule has 0 bridgehead atoms. The molecule has 1 aliphatic carbocycles. The van der Waals surface area contributed by atoms with Gasteiger partial charge in [0.15, 0.2) is 0 Å². The van der Waals surface area contributed by atoms with Gasteiger partial charge in [-0.15, -0.1) is 0 Å². The minimum Gasteiger partial charge on any atom is -0.354 e. The van der Waals surface area contributed by atoms with Crippen LogP contribution in [0.3, 0.4) is 0 Å². The topological polar surface area (TPSA) is 46.1 Å². The van der Waals surface area contributed by atoms with Crippen molar-refractivity contribution >= 4 is 16.8 Å². The number of fused-ring (bicyclic) bond motifs is 1. The Balaban J connectivity index is 1.72. The number of benzene rings is 1. The summed E-state index contributed by atoms with van der Waals surface area (Å²) in [6.45, 7) is 4.30. The van der Waals surface area contributed by atoms with Crippen LogP contribution in [-0.4, -0.2) is 23.1 Å². The van der Waals surface area contributed by atoms with Crippen molar-refractivity contribution in [1.82, 2.24) is 15.2 Å². The van der Waals surface area contributed by atoms with Gasteiger partial charge in [-0.1, -0.05) is 25.1 Å². The molecule has 2 aromatic rings. The Morgan fingerprint density at radius 1 is 1.33 bits per heavy atom. The van der Waals surface area contributed by atoms with E-state index in [2.05, 4.69) is 45.7 Å². The molecule has 0 radical (unpaired) electrons. The molecule has 1 fully saturated rings. The van der Waals surface area contributed by atoms with Gasteiger partial charge in [0.05, 0.1) is 0 Å². The lowest BCUT2D eigenvalue weighted by Crippen LogP contribution is -2.26. The zero-order valence-corrected chi connectivity index (χ0v) is 12.6. The number of hydrogen-bond donors (Lipinski definition) is 2. The number of aromatic nitrogens is 1. The van der Waals surface area contributed by atoms with Crippen LogP contribution in [0.2, 0.25) is 0 Å². The monoisotopic (exact) mass is 285 g/mol. The van der Waals surface area contributed by atoms with Crippen LogP contribution in [-0.2, 0) is 17.9 Å². The molecule has 1 aromatic carbocycles. The van der Waals surface area contributed by atoms with E-state index in [1.54, 1.807) is 0 Å².